The Hall–Kier alpha value is -1.32. The van der Waals surface area contributed by atoms with Gasteiger partial charge in [-0.05, 0) is 33.6 Å². The van der Waals surface area contributed by atoms with Gasteiger partial charge < -0.3 is 10.2 Å². The van der Waals surface area contributed by atoms with Crippen LogP contribution in [0.5, 0.6) is 0 Å². The summed E-state index contributed by atoms with van der Waals surface area (Å²) < 4.78 is 0. The number of hydrogen-bond donors (Lipinski definition) is 1. The average molecular weight is 238 g/mol. The van der Waals surface area contributed by atoms with Gasteiger partial charge in [0.2, 0.25) is 0 Å². The normalized spacial score (nSPS) is 18.2. The molecule has 0 unspecified atom stereocenters. The van der Waals surface area contributed by atoms with Crippen LogP contribution in [0.1, 0.15) is 53.4 Å². The maximum absolute atomic E-state index is 11.6. The van der Waals surface area contributed by atoms with Crippen molar-refractivity contribution in [2.24, 2.45) is 5.16 Å². The maximum atomic E-state index is 11.6. The van der Waals surface area contributed by atoms with E-state index in [4.69, 9.17) is 4.84 Å². The molecule has 0 amide bonds. The summed E-state index contributed by atoms with van der Waals surface area (Å²) in [5.74, 6) is -0.331. The molecule has 1 aliphatic rings. The number of rotatable bonds is 6. The molecule has 0 aromatic rings. The smallest absolute Gasteiger partial charge is 0.369 e. The quantitative estimate of drug-likeness (QED) is 0.440. The van der Waals surface area contributed by atoms with Crippen LogP contribution in [0, 0.1) is 0 Å². The number of nitrogens with one attached hydrogen (secondary N) is 1. The molecule has 0 saturated heterocycles. The monoisotopic (exact) mass is 238 g/mol. The van der Waals surface area contributed by atoms with Gasteiger partial charge in [0.25, 0.3) is 0 Å². The zero-order chi connectivity index (χ0) is 12.8. The van der Waals surface area contributed by atoms with Crippen LogP contribution in [0.15, 0.2) is 16.4 Å². The lowest BCUT2D eigenvalue weighted by Gasteiger charge is -2.16. The van der Waals surface area contributed by atoms with Crippen molar-refractivity contribution in [2.45, 2.75) is 59.4 Å². The highest BCUT2D eigenvalue weighted by molar-refractivity contribution is 6.21. The summed E-state index contributed by atoms with van der Waals surface area (Å²) in [6, 6.07) is 0.306. The van der Waals surface area contributed by atoms with Crippen molar-refractivity contribution in [1.29, 1.82) is 0 Å². The third-order valence-corrected chi connectivity index (χ3v) is 2.63. The van der Waals surface area contributed by atoms with Crippen LogP contribution in [-0.2, 0) is 9.63 Å². The summed E-state index contributed by atoms with van der Waals surface area (Å²) in [6.45, 7) is 8.10. The van der Waals surface area contributed by atoms with E-state index >= 15 is 0 Å². The van der Waals surface area contributed by atoms with Crippen LogP contribution in [0.3, 0.4) is 0 Å². The Bertz CT molecular complexity index is 343. The molecule has 1 aliphatic heterocycles. The molecule has 0 atom stereocenters. The molecular formula is C13H22N2O2. The lowest BCUT2D eigenvalue weighted by atomic mass is 10.0. The summed E-state index contributed by atoms with van der Waals surface area (Å²) >= 11 is 0. The topological polar surface area (TPSA) is 50.7 Å². The third-order valence-electron chi connectivity index (χ3n) is 2.63. The Balaban J connectivity index is 2.83. The highest BCUT2D eigenvalue weighted by atomic mass is 16.7. The molecule has 4 nitrogen and oxygen atoms in total. The Labute approximate surface area is 103 Å². The molecule has 0 spiro atoms. The second-order valence-corrected chi connectivity index (χ2v) is 4.67. The Morgan fingerprint density at radius 2 is 2.12 bits per heavy atom. The number of unbranched alkanes of at least 4 members (excludes halogenated alkanes) is 2. The number of carbonyl (C=O) groups excluding carboxylic acids is 1. The molecule has 0 saturated carbocycles. The zero-order valence-electron chi connectivity index (χ0n) is 11.2. The van der Waals surface area contributed by atoms with Crippen molar-refractivity contribution in [3.63, 3.8) is 0 Å². The van der Waals surface area contributed by atoms with Crippen LogP contribution < -0.4 is 5.32 Å². The number of hydrogen-bond acceptors (Lipinski definition) is 4. The molecule has 0 radical (unpaired) electrons. The fourth-order valence-electron chi connectivity index (χ4n) is 1.86. The van der Waals surface area contributed by atoms with Gasteiger partial charge in [-0.2, -0.15) is 0 Å². The van der Waals surface area contributed by atoms with Gasteiger partial charge in [-0.3, -0.25) is 0 Å². The third kappa shape index (κ3) is 3.88. The van der Waals surface area contributed by atoms with Gasteiger partial charge in [0.05, 0.1) is 5.71 Å². The highest BCUT2D eigenvalue weighted by Gasteiger charge is 2.26. The lowest BCUT2D eigenvalue weighted by Crippen LogP contribution is -2.26. The van der Waals surface area contributed by atoms with Gasteiger partial charge in [-0.15, -0.1) is 0 Å². The molecule has 0 aliphatic carbocycles. The predicted molar refractivity (Wildman–Crippen MR) is 68.6 cm³/mol. The molecule has 0 aromatic carbocycles. The minimum absolute atomic E-state index is 0.306. The van der Waals surface area contributed by atoms with E-state index < -0.39 is 0 Å². The van der Waals surface area contributed by atoms with Gasteiger partial charge in [-0.1, -0.05) is 24.9 Å². The summed E-state index contributed by atoms with van der Waals surface area (Å²) in [6.07, 6.45) is 4.29. The molecule has 0 fully saturated rings. The first kappa shape index (κ1) is 13.7. The molecular weight excluding hydrogens is 216 g/mol. The first-order valence-corrected chi connectivity index (χ1v) is 6.32. The fraction of sp³-hybridized carbons (Fsp3) is 0.692. The van der Waals surface area contributed by atoms with Gasteiger partial charge in [0.1, 0.15) is 5.57 Å². The maximum Gasteiger partial charge on any atom is 0.369 e. The van der Waals surface area contributed by atoms with E-state index in [0.717, 1.165) is 18.5 Å². The summed E-state index contributed by atoms with van der Waals surface area (Å²) in [5.41, 5.74) is 2.27. The minimum atomic E-state index is -0.331. The van der Waals surface area contributed by atoms with E-state index in [1.165, 1.54) is 12.8 Å². The first-order valence-electron chi connectivity index (χ1n) is 6.32. The van der Waals surface area contributed by atoms with Gasteiger partial charge in [0.15, 0.2) is 0 Å². The second kappa shape index (κ2) is 6.42. The second-order valence-electron chi connectivity index (χ2n) is 4.67. The van der Waals surface area contributed by atoms with E-state index in [2.05, 4.69) is 31.2 Å². The number of carbonyl (C=O) groups is 1. The molecule has 1 N–H and O–H groups in total. The van der Waals surface area contributed by atoms with Crippen molar-refractivity contribution in [1.82, 2.24) is 5.32 Å². The van der Waals surface area contributed by atoms with E-state index in [9.17, 15) is 4.79 Å². The largest absolute Gasteiger partial charge is 0.385 e. The SMILES string of the molecule is CCCCCC(NC(C)C)=C1C(=O)ON=C1C. The van der Waals surface area contributed by atoms with E-state index in [1.54, 1.807) is 0 Å². The van der Waals surface area contributed by atoms with Gasteiger partial charge >= 0.3 is 5.97 Å². The van der Waals surface area contributed by atoms with Crippen LogP contribution >= 0.6 is 0 Å². The molecule has 17 heavy (non-hydrogen) atoms. The fourth-order valence-corrected chi connectivity index (χ4v) is 1.86. The van der Waals surface area contributed by atoms with Crippen LogP contribution in [0.2, 0.25) is 0 Å². The van der Waals surface area contributed by atoms with Crippen LogP contribution in [0.25, 0.3) is 0 Å². The first-order chi connectivity index (χ1) is 8.06. The predicted octanol–water partition coefficient (Wildman–Crippen LogP) is 2.75. The van der Waals surface area contributed by atoms with E-state index in [0.29, 0.717) is 17.3 Å². The Morgan fingerprint density at radius 3 is 2.59 bits per heavy atom. The summed E-state index contributed by atoms with van der Waals surface area (Å²) in [4.78, 5) is 16.3. The molecule has 1 rings (SSSR count). The van der Waals surface area contributed by atoms with Crippen molar-refractivity contribution in [3.8, 4) is 0 Å². The van der Waals surface area contributed by atoms with Crippen LogP contribution in [-0.4, -0.2) is 17.7 Å². The van der Waals surface area contributed by atoms with Crippen molar-refractivity contribution >= 4 is 11.7 Å². The Morgan fingerprint density at radius 1 is 1.41 bits per heavy atom. The van der Waals surface area contributed by atoms with E-state index in [-0.39, 0.29) is 5.97 Å². The molecule has 0 aromatic heterocycles. The molecule has 0 bridgehead atoms. The number of nitrogens with zero attached hydrogens (tertiary/aromatic N) is 1. The number of oxime groups is 1. The minimum Gasteiger partial charge on any atom is -0.385 e. The van der Waals surface area contributed by atoms with Crippen LogP contribution in [0.4, 0.5) is 0 Å². The molecule has 1 heterocycles. The van der Waals surface area contributed by atoms with E-state index in [1.807, 2.05) is 6.92 Å². The standard InChI is InChI=1S/C13H22N2O2/c1-5-6-7-8-11(14-9(2)3)12-10(4)15-17-13(12)16/h9,14H,5-8H2,1-4H3. The lowest BCUT2D eigenvalue weighted by molar-refractivity contribution is -0.136. The Kier molecular flexibility index (Phi) is 5.19. The summed E-state index contributed by atoms with van der Waals surface area (Å²) in [5, 5.41) is 7.06. The van der Waals surface area contributed by atoms with Gasteiger partial charge in [-0.25, -0.2) is 4.79 Å². The average Bonchev–Trinajstić information content (AvgIpc) is 2.57. The number of allylic oxidation sites excluding steroid dienone is 1. The van der Waals surface area contributed by atoms with Crippen molar-refractivity contribution < 1.29 is 9.63 Å². The highest BCUT2D eigenvalue weighted by Crippen LogP contribution is 2.19. The zero-order valence-corrected chi connectivity index (χ0v) is 11.2. The molecule has 96 valence electrons. The molecule has 4 heteroatoms. The van der Waals surface area contributed by atoms with Crippen molar-refractivity contribution in [2.75, 3.05) is 0 Å². The van der Waals surface area contributed by atoms with Crippen molar-refractivity contribution in [3.05, 3.63) is 11.3 Å². The van der Waals surface area contributed by atoms with Gasteiger partial charge in [0, 0.05) is 11.7 Å². The summed E-state index contributed by atoms with van der Waals surface area (Å²) in [7, 11) is 0.